The average Bonchev–Trinajstić information content (AvgIpc) is 2.29. The third-order valence-electron chi connectivity index (χ3n) is 2.51. The minimum atomic E-state index is 1.18. The zero-order chi connectivity index (χ0) is 10.7. The summed E-state index contributed by atoms with van der Waals surface area (Å²) in [6.45, 7) is 5.95. The molecule has 0 nitrogen and oxygen atoms in total. The lowest BCUT2D eigenvalue weighted by molar-refractivity contribution is 1.46. The molecule has 0 heteroatoms. The number of aryl methyl sites for hydroxylation is 1. The Morgan fingerprint density at radius 2 is 1.80 bits per heavy atom. The van der Waals surface area contributed by atoms with E-state index in [9.17, 15) is 0 Å². The number of benzene rings is 2. The molecule has 74 valence electrons. The van der Waals surface area contributed by atoms with Crippen LogP contribution in [0.15, 0.2) is 55.1 Å². The minimum absolute atomic E-state index is 1.18. The van der Waals surface area contributed by atoms with E-state index in [-0.39, 0.29) is 0 Å². The Kier molecular flexibility index (Phi) is 2.68. The molecule has 0 bridgehead atoms. The highest BCUT2D eigenvalue weighted by molar-refractivity contribution is 5.74. The SMILES string of the molecule is C=Cc1ccccc1-c1cccc(C)c1. The molecule has 0 N–H and O–H groups in total. The predicted molar refractivity (Wildman–Crippen MR) is 66.7 cm³/mol. The van der Waals surface area contributed by atoms with Gasteiger partial charge in [-0.1, -0.05) is 66.7 Å². The molecular formula is C15H14. The molecule has 0 saturated carbocycles. The maximum Gasteiger partial charge on any atom is -0.0112 e. The summed E-state index contributed by atoms with van der Waals surface area (Å²) in [5.74, 6) is 0. The molecular weight excluding hydrogens is 180 g/mol. The highest BCUT2D eigenvalue weighted by Gasteiger charge is 2.00. The molecule has 0 atom stereocenters. The van der Waals surface area contributed by atoms with Gasteiger partial charge >= 0.3 is 0 Å². The van der Waals surface area contributed by atoms with Gasteiger partial charge in [0.05, 0.1) is 0 Å². The Morgan fingerprint density at radius 3 is 2.53 bits per heavy atom. The van der Waals surface area contributed by atoms with Gasteiger partial charge in [0, 0.05) is 0 Å². The van der Waals surface area contributed by atoms with Gasteiger partial charge < -0.3 is 0 Å². The molecule has 0 radical (unpaired) electrons. The first-order valence-electron chi connectivity index (χ1n) is 5.10. The Morgan fingerprint density at radius 1 is 1.00 bits per heavy atom. The number of hydrogen-bond donors (Lipinski definition) is 0. The second-order valence-corrected chi connectivity index (χ2v) is 3.66. The van der Waals surface area contributed by atoms with Crippen molar-refractivity contribution in [3.8, 4) is 11.1 Å². The molecule has 0 unspecified atom stereocenters. The standard InChI is InChI=1S/C15H14/c1-3-13-8-4-5-10-15(13)14-9-6-7-12(2)11-14/h3-11H,1H2,2H3. The van der Waals surface area contributed by atoms with Crippen molar-refractivity contribution in [1.82, 2.24) is 0 Å². The molecule has 0 aliphatic carbocycles. The Bertz CT molecular complexity index is 481. The van der Waals surface area contributed by atoms with E-state index in [1.165, 1.54) is 22.3 Å². The van der Waals surface area contributed by atoms with Crippen LogP contribution in [0.5, 0.6) is 0 Å². The minimum Gasteiger partial charge on any atom is -0.0984 e. The highest BCUT2D eigenvalue weighted by Crippen LogP contribution is 2.24. The molecule has 0 aliphatic rings. The van der Waals surface area contributed by atoms with Crippen LogP contribution in [0.4, 0.5) is 0 Å². The number of hydrogen-bond acceptors (Lipinski definition) is 0. The maximum absolute atomic E-state index is 3.84. The first kappa shape index (κ1) is 9.72. The fourth-order valence-electron chi connectivity index (χ4n) is 1.75. The summed E-state index contributed by atoms with van der Waals surface area (Å²) in [7, 11) is 0. The van der Waals surface area contributed by atoms with Crippen LogP contribution in [-0.4, -0.2) is 0 Å². The van der Waals surface area contributed by atoms with Crippen molar-refractivity contribution in [2.45, 2.75) is 6.92 Å². The first-order chi connectivity index (χ1) is 7.31. The van der Waals surface area contributed by atoms with Crippen molar-refractivity contribution in [1.29, 1.82) is 0 Å². The summed E-state index contributed by atoms with van der Waals surface area (Å²) >= 11 is 0. The van der Waals surface area contributed by atoms with Crippen LogP contribution in [0, 0.1) is 6.92 Å². The van der Waals surface area contributed by atoms with Gasteiger partial charge in [-0.05, 0) is 23.6 Å². The number of rotatable bonds is 2. The van der Waals surface area contributed by atoms with Gasteiger partial charge in [-0.25, -0.2) is 0 Å². The third-order valence-corrected chi connectivity index (χ3v) is 2.51. The Hall–Kier alpha value is -1.82. The monoisotopic (exact) mass is 194 g/mol. The van der Waals surface area contributed by atoms with Crippen molar-refractivity contribution in [3.05, 3.63) is 66.2 Å². The van der Waals surface area contributed by atoms with Crippen LogP contribution in [-0.2, 0) is 0 Å². The molecule has 2 rings (SSSR count). The van der Waals surface area contributed by atoms with Crippen LogP contribution in [0.25, 0.3) is 17.2 Å². The summed E-state index contributed by atoms with van der Waals surface area (Å²) in [6.07, 6.45) is 1.90. The zero-order valence-electron chi connectivity index (χ0n) is 8.90. The molecule has 2 aromatic rings. The van der Waals surface area contributed by atoms with Crippen LogP contribution < -0.4 is 0 Å². The topological polar surface area (TPSA) is 0 Å². The fourth-order valence-corrected chi connectivity index (χ4v) is 1.75. The van der Waals surface area contributed by atoms with E-state index in [0.29, 0.717) is 0 Å². The van der Waals surface area contributed by atoms with Gasteiger partial charge in [0.1, 0.15) is 0 Å². The van der Waals surface area contributed by atoms with E-state index in [4.69, 9.17) is 0 Å². The fraction of sp³-hybridized carbons (Fsp3) is 0.0667. The lowest BCUT2D eigenvalue weighted by Crippen LogP contribution is -1.83. The van der Waals surface area contributed by atoms with Crippen LogP contribution >= 0.6 is 0 Å². The largest absolute Gasteiger partial charge is 0.0984 e. The van der Waals surface area contributed by atoms with Crippen molar-refractivity contribution < 1.29 is 0 Å². The normalized spacial score (nSPS) is 9.93. The quantitative estimate of drug-likeness (QED) is 0.668. The van der Waals surface area contributed by atoms with Crippen molar-refractivity contribution >= 4 is 6.08 Å². The van der Waals surface area contributed by atoms with Crippen molar-refractivity contribution in [2.24, 2.45) is 0 Å². The first-order valence-corrected chi connectivity index (χ1v) is 5.10. The van der Waals surface area contributed by atoms with E-state index in [1.54, 1.807) is 0 Å². The molecule has 0 aromatic heterocycles. The van der Waals surface area contributed by atoms with Gasteiger partial charge in [0.2, 0.25) is 0 Å². The van der Waals surface area contributed by atoms with E-state index in [0.717, 1.165) is 0 Å². The summed E-state index contributed by atoms with van der Waals surface area (Å²) < 4.78 is 0. The lowest BCUT2D eigenvalue weighted by atomic mass is 9.98. The smallest absolute Gasteiger partial charge is 0.0112 e. The summed E-state index contributed by atoms with van der Waals surface area (Å²) in [6, 6.07) is 16.8. The summed E-state index contributed by atoms with van der Waals surface area (Å²) in [4.78, 5) is 0. The molecule has 0 saturated heterocycles. The molecule has 0 heterocycles. The van der Waals surface area contributed by atoms with E-state index < -0.39 is 0 Å². The summed E-state index contributed by atoms with van der Waals surface area (Å²) in [5, 5.41) is 0. The molecule has 2 aromatic carbocycles. The van der Waals surface area contributed by atoms with Gasteiger partial charge in [-0.3, -0.25) is 0 Å². The molecule has 0 spiro atoms. The van der Waals surface area contributed by atoms with E-state index in [2.05, 4.69) is 56.0 Å². The third kappa shape index (κ3) is 1.99. The van der Waals surface area contributed by atoms with Crippen molar-refractivity contribution in [2.75, 3.05) is 0 Å². The van der Waals surface area contributed by atoms with Crippen LogP contribution in [0.1, 0.15) is 11.1 Å². The van der Waals surface area contributed by atoms with E-state index >= 15 is 0 Å². The second kappa shape index (κ2) is 4.14. The Balaban J connectivity index is 2.58. The molecule has 15 heavy (non-hydrogen) atoms. The van der Waals surface area contributed by atoms with Gasteiger partial charge in [-0.15, -0.1) is 0 Å². The van der Waals surface area contributed by atoms with E-state index in [1.807, 2.05) is 12.1 Å². The van der Waals surface area contributed by atoms with Gasteiger partial charge in [-0.2, -0.15) is 0 Å². The highest BCUT2D eigenvalue weighted by atomic mass is 14.0. The summed E-state index contributed by atoms with van der Waals surface area (Å²) in [5.41, 5.74) is 4.97. The average molecular weight is 194 g/mol. The predicted octanol–water partition coefficient (Wildman–Crippen LogP) is 4.31. The lowest BCUT2D eigenvalue weighted by Gasteiger charge is -2.06. The second-order valence-electron chi connectivity index (χ2n) is 3.66. The molecule has 0 aliphatic heterocycles. The maximum atomic E-state index is 3.84. The van der Waals surface area contributed by atoms with Crippen LogP contribution in [0.2, 0.25) is 0 Å². The molecule has 0 amide bonds. The van der Waals surface area contributed by atoms with Gasteiger partial charge in [0.15, 0.2) is 0 Å². The zero-order valence-corrected chi connectivity index (χ0v) is 8.90. The molecule has 0 fully saturated rings. The van der Waals surface area contributed by atoms with Gasteiger partial charge in [0.25, 0.3) is 0 Å². The van der Waals surface area contributed by atoms with Crippen molar-refractivity contribution in [3.63, 3.8) is 0 Å². The van der Waals surface area contributed by atoms with Crippen LogP contribution in [0.3, 0.4) is 0 Å². The Labute approximate surface area is 90.9 Å².